The van der Waals surface area contributed by atoms with Crippen molar-refractivity contribution in [1.82, 2.24) is 5.32 Å². The van der Waals surface area contributed by atoms with Gasteiger partial charge in [-0.25, -0.2) is 0 Å². The monoisotopic (exact) mass is 337 g/mol. The second-order valence-corrected chi connectivity index (χ2v) is 6.71. The summed E-state index contributed by atoms with van der Waals surface area (Å²) in [6.07, 6.45) is 3.29. The van der Waals surface area contributed by atoms with E-state index in [0.717, 1.165) is 10.5 Å². The molecule has 3 atom stereocenters. The van der Waals surface area contributed by atoms with E-state index in [2.05, 4.69) is 5.32 Å². The van der Waals surface area contributed by atoms with Crippen LogP contribution in [0.1, 0.15) is 37.8 Å². The van der Waals surface area contributed by atoms with Crippen LogP contribution in [0.25, 0.3) is 0 Å². The van der Waals surface area contributed by atoms with Crippen LogP contribution in [0.2, 0.25) is 0 Å². The number of carboxylic acid groups (broad SMARTS) is 1. The van der Waals surface area contributed by atoms with E-state index >= 15 is 0 Å². The van der Waals surface area contributed by atoms with Gasteiger partial charge < -0.3 is 15.2 Å². The van der Waals surface area contributed by atoms with Crippen molar-refractivity contribution in [2.45, 2.75) is 43.2 Å². The summed E-state index contributed by atoms with van der Waals surface area (Å²) in [5.74, 6) is -1.12. The number of benzene rings is 1. The van der Waals surface area contributed by atoms with Gasteiger partial charge in [0.2, 0.25) is 5.91 Å². The van der Waals surface area contributed by atoms with Crippen LogP contribution in [0.15, 0.2) is 29.2 Å². The number of carboxylic acids is 1. The van der Waals surface area contributed by atoms with Crippen molar-refractivity contribution in [2.75, 3.05) is 12.9 Å². The van der Waals surface area contributed by atoms with Gasteiger partial charge in [-0.3, -0.25) is 9.59 Å². The third-order valence-electron chi connectivity index (χ3n) is 4.07. The Hall–Kier alpha value is -1.53. The smallest absolute Gasteiger partial charge is 0.305 e. The Morgan fingerprint density at radius 2 is 2.09 bits per heavy atom. The fourth-order valence-electron chi connectivity index (χ4n) is 2.79. The van der Waals surface area contributed by atoms with Crippen LogP contribution in [-0.2, 0) is 14.3 Å². The van der Waals surface area contributed by atoms with Gasteiger partial charge in [0.25, 0.3) is 0 Å². The van der Waals surface area contributed by atoms with E-state index < -0.39 is 12.0 Å². The summed E-state index contributed by atoms with van der Waals surface area (Å²) in [6, 6.07) is 7.14. The molecular formula is C17H23NO4S. The van der Waals surface area contributed by atoms with Crippen molar-refractivity contribution < 1.29 is 19.4 Å². The Bertz CT molecular complexity index is 546. The van der Waals surface area contributed by atoms with Gasteiger partial charge in [-0.15, -0.1) is 11.8 Å². The molecule has 5 nitrogen and oxygen atoms in total. The second kappa shape index (κ2) is 8.36. The van der Waals surface area contributed by atoms with Crippen LogP contribution < -0.4 is 5.32 Å². The first-order valence-electron chi connectivity index (χ1n) is 7.77. The summed E-state index contributed by atoms with van der Waals surface area (Å²) in [5.41, 5.74) is 0.818. The molecule has 1 aliphatic rings. The highest BCUT2D eigenvalue weighted by Crippen LogP contribution is 2.24. The van der Waals surface area contributed by atoms with E-state index in [1.54, 1.807) is 11.8 Å². The number of hydrogen-bond donors (Lipinski definition) is 2. The number of nitrogens with one attached hydrogen (secondary N) is 1. The van der Waals surface area contributed by atoms with Crippen molar-refractivity contribution in [2.24, 2.45) is 5.92 Å². The van der Waals surface area contributed by atoms with Crippen molar-refractivity contribution >= 4 is 23.6 Å². The van der Waals surface area contributed by atoms with Gasteiger partial charge in [0.15, 0.2) is 0 Å². The molecule has 1 fully saturated rings. The van der Waals surface area contributed by atoms with Crippen molar-refractivity contribution in [1.29, 1.82) is 0 Å². The lowest BCUT2D eigenvalue weighted by molar-refractivity contribution is -0.138. The molecule has 2 rings (SSSR count). The van der Waals surface area contributed by atoms with Gasteiger partial charge in [-0.1, -0.05) is 12.1 Å². The van der Waals surface area contributed by atoms with E-state index in [1.807, 2.05) is 37.4 Å². The summed E-state index contributed by atoms with van der Waals surface area (Å²) in [6.45, 7) is 2.53. The van der Waals surface area contributed by atoms with E-state index in [0.29, 0.717) is 19.4 Å². The predicted octanol–water partition coefficient (Wildman–Crippen LogP) is 2.86. The first kappa shape index (κ1) is 17.8. The summed E-state index contributed by atoms with van der Waals surface area (Å²) < 4.78 is 5.46. The van der Waals surface area contributed by atoms with Crippen LogP contribution in [0.3, 0.4) is 0 Å². The Morgan fingerprint density at radius 1 is 1.39 bits per heavy atom. The van der Waals surface area contributed by atoms with Crippen LogP contribution >= 0.6 is 11.8 Å². The summed E-state index contributed by atoms with van der Waals surface area (Å²) >= 11 is 1.62. The zero-order valence-corrected chi connectivity index (χ0v) is 14.3. The van der Waals surface area contributed by atoms with Crippen molar-refractivity contribution in [3.63, 3.8) is 0 Å². The van der Waals surface area contributed by atoms with Crippen LogP contribution in [0, 0.1) is 5.92 Å². The molecule has 1 aliphatic heterocycles. The summed E-state index contributed by atoms with van der Waals surface area (Å²) in [5, 5.41) is 12.0. The number of carbonyl (C=O) groups excluding carboxylic acids is 1. The number of rotatable bonds is 6. The number of thioether (sulfide) groups is 1. The van der Waals surface area contributed by atoms with E-state index in [9.17, 15) is 9.59 Å². The minimum absolute atomic E-state index is 0.0679. The Kier molecular flexibility index (Phi) is 6.47. The lowest BCUT2D eigenvalue weighted by Crippen LogP contribution is -2.39. The van der Waals surface area contributed by atoms with Crippen LogP contribution in [-0.4, -0.2) is 35.9 Å². The molecule has 1 amide bonds. The first-order valence-corrected chi connectivity index (χ1v) is 8.99. The molecule has 126 valence electrons. The minimum Gasteiger partial charge on any atom is -0.481 e. The van der Waals surface area contributed by atoms with E-state index in [4.69, 9.17) is 9.84 Å². The average molecular weight is 337 g/mol. The van der Waals surface area contributed by atoms with Crippen LogP contribution in [0.5, 0.6) is 0 Å². The zero-order chi connectivity index (χ0) is 16.8. The SMILES string of the molecule is CSc1ccc(C(CC(=O)O)NC(=O)C2CCOC(C)C2)cc1. The van der Waals surface area contributed by atoms with Gasteiger partial charge in [-0.05, 0) is 43.7 Å². The lowest BCUT2D eigenvalue weighted by Gasteiger charge is -2.28. The molecule has 1 heterocycles. The molecule has 6 heteroatoms. The zero-order valence-electron chi connectivity index (χ0n) is 13.5. The minimum atomic E-state index is -0.926. The van der Waals surface area contributed by atoms with Gasteiger partial charge in [0.05, 0.1) is 18.6 Å². The highest BCUT2D eigenvalue weighted by atomic mass is 32.2. The maximum atomic E-state index is 12.5. The quantitative estimate of drug-likeness (QED) is 0.781. The van der Waals surface area contributed by atoms with Gasteiger partial charge >= 0.3 is 5.97 Å². The number of aliphatic carboxylic acids is 1. The largest absolute Gasteiger partial charge is 0.481 e. The predicted molar refractivity (Wildman–Crippen MR) is 89.5 cm³/mol. The number of hydrogen-bond acceptors (Lipinski definition) is 4. The highest BCUT2D eigenvalue weighted by Gasteiger charge is 2.28. The average Bonchev–Trinajstić information content (AvgIpc) is 2.54. The third-order valence-corrected chi connectivity index (χ3v) is 4.81. The molecule has 0 aliphatic carbocycles. The maximum Gasteiger partial charge on any atom is 0.305 e. The standard InChI is InChI=1S/C17H23NO4S/c1-11-9-13(7-8-22-11)17(21)18-15(10-16(19)20)12-3-5-14(23-2)6-4-12/h3-6,11,13,15H,7-10H2,1-2H3,(H,18,21)(H,19,20). The van der Waals surface area contributed by atoms with Crippen molar-refractivity contribution in [3.8, 4) is 0 Å². The number of ether oxygens (including phenoxy) is 1. The molecule has 0 saturated carbocycles. The molecule has 2 N–H and O–H groups in total. The fraction of sp³-hybridized carbons (Fsp3) is 0.529. The number of carbonyl (C=O) groups is 2. The topological polar surface area (TPSA) is 75.6 Å². The molecule has 0 aromatic heterocycles. The fourth-order valence-corrected chi connectivity index (χ4v) is 3.20. The number of amides is 1. The molecule has 23 heavy (non-hydrogen) atoms. The van der Waals surface area contributed by atoms with E-state index in [1.165, 1.54) is 0 Å². The molecule has 3 unspecified atom stereocenters. The Labute approximate surface area is 140 Å². The van der Waals surface area contributed by atoms with Crippen LogP contribution in [0.4, 0.5) is 0 Å². The molecule has 0 bridgehead atoms. The Balaban J connectivity index is 2.08. The Morgan fingerprint density at radius 3 is 2.65 bits per heavy atom. The second-order valence-electron chi connectivity index (χ2n) is 5.83. The molecule has 0 spiro atoms. The highest BCUT2D eigenvalue weighted by molar-refractivity contribution is 7.98. The lowest BCUT2D eigenvalue weighted by atomic mass is 9.94. The third kappa shape index (κ3) is 5.25. The maximum absolute atomic E-state index is 12.5. The van der Waals surface area contributed by atoms with Gasteiger partial charge in [0, 0.05) is 17.4 Å². The molecule has 1 aromatic carbocycles. The molecule has 0 radical (unpaired) electrons. The summed E-state index contributed by atoms with van der Waals surface area (Å²) in [4.78, 5) is 24.7. The molecule has 1 aromatic rings. The normalized spacial score (nSPS) is 22.3. The first-order chi connectivity index (χ1) is 11.0. The van der Waals surface area contributed by atoms with Gasteiger partial charge in [0.1, 0.15) is 0 Å². The molecule has 1 saturated heterocycles. The summed E-state index contributed by atoms with van der Waals surface area (Å²) in [7, 11) is 0. The van der Waals surface area contributed by atoms with Gasteiger partial charge in [-0.2, -0.15) is 0 Å². The van der Waals surface area contributed by atoms with Crippen molar-refractivity contribution in [3.05, 3.63) is 29.8 Å². The van der Waals surface area contributed by atoms with E-state index in [-0.39, 0.29) is 24.3 Å². The molecular weight excluding hydrogens is 314 g/mol.